The van der Waals surface area contributed by atoms with E-state index in [1.807, 2.05) is 12.1 Å². The molecule has 0 radical (unpaired) electrons. The second-order valence-electron chi connectivity index (χ2n) is 4.15. The molecule has 0 fully saturated rings. The number of benzene rings is 1. The van der Waals surface area contributed by atoms with Gasteiger partial charge in [0.25, 0.3) is 0 Å². The van der Waals surface area contributed by atoms with Gasteiger partial charge in [0.15, 0.2) is 0 Å². The Morgan fingerprint density at radius 2 is 2.37 bits per heavy atom. The maximum atomic E-state index is 11.9. The van der Waals surface area contributed by atoms with E-state index in [2.05, 4.69) is 16.9 Å². The molecule has 0 saturated carbocycles. The second kappa shape index (κ2) is 5.82. The maximum Gasteiger partial charge on any atom is 0.241 e. The molecular formula is C14H14ClN3O. The number of nitrogens with two attached hydrogens (primary N) is 1. The highest BCUT2D eigenvalue weighted by atomic mass is 35.5. The lowest BCUT2D eigenvalue weighted by Gasteiger charge is -2.12. The summed E-state index contributed by atoms with van der Waals surface area (Å²) in [6.07, 6.45) is 3.69. The highest BCUT2D eigenvalue weighted by Gasteiger charge is 2.14. The minimum absolute atomic E-state index is 0.283. The molecule has 2 aromatic rings. The zero-order chi connectivity index (χ0) is 13.8. The van der Waals surface area contributed by atoms with Crippen molar-refractivity contribution in [2.45, 2.75) is 12.5 Å². The molecule has 5 heteroatoms. The van der Waals surface area contributed by atoms with Crippen LogP contribution >= 0.6 is 11.6 Å². The molecule has 3 N–H and O–H groups in total. The van der Waals surface area contributed by atoms with Gasteiger partial charge in [0.2, 0.25) is 5.91 Å². The molecule has 98 valence electrons. The Balaban J connectivity index is 2.34. The molecule has 1 heterocycles. The molecule has 1 atom stereocenters. The summed E-state index contributed by atoms with van der Waals surface area (Å²) in [4.78, 5) is 16.1. The van der Waals surface area contributed by atoms with E-state index < -0.39 is 6.04 Å². The largest absolute Gasteiger partial charge is 0.323 e. The lowest BCUT2D eigenvalue weighted by atomic mass is 10.1. The van der Waals surface area contributed by atoms with Crippen LogP contribution in [0, 0.1) is 0 Å². The molecule has 19 heavy (non-hydrogen) atoms. The lowest BCUT2D eigenvalue weighted by molar-refractivity contribution is -0.117. The van der Waals surface area contributed by atoms with Crippen LogP contribution in [0.15, 0.2) is 43.1 Å². The number of hydrogen-bond donors (Lipinski definition) is 2. The highest BCUT2D eigenvalue weighted by Crippen LogP contribution is 2.26. The zero-order valence-electron chi connectivity index (χ0n) is 10.3. The molecule has 0 aliphatic heterocycles. The third-order valence-corrected chi connectivity index (χ3v) is 2.90. The Morgan fingerprint density at radius 1 is 1.58 bits per heavy atom. The molecule has 0 aliphatic carbocycles. The number of carbonyl (C=O) groups is 1. The Hall–Kier alpha value is -1.91. The quantitative estimate of drug-likeness (QED) is 0.843. The van der Waals surface area contributed by atoms with E-state index in [-0.39, 0.29) is 5.91 Å². The van der Waals surface area contributed by atoms with Crippen LogP contribution in [0.3, 0.4) is 0 Å². The molecular weight excluding hydrogens is 262 g/mol. The predicted octanol–water partition coefficient (Wildman–Crippen LogP) is 2.73. The fraction of sp³-hybridized carbons (Fsp3) is 0.143. The van der Waals surface area contributed by atoms with Gasteiger partial charge in [-0.3, -0.25) is 9.78 Å². The summed E-state index contributed by atoms with van der Waals surface area (Å²) in [5.74, 6) is -0.283. The van der Waals surface area contributed by atoms with E-state index in [4.69, 9.17) is 17.3 Å². The van der Waals surface area contributed by atoms with Gasteiger partial charge in [0.1, 0.15) is 0 Å². The summed E-state index contributed by atoms with van der Waals surface area (Å²) < 4.78 is 0. The second-order valence-corrected chi connectivity index (χ2v) is 4.59. The molecule has 0 bridgehead atoms. The fourth-order valence-electron chi connectivity index (χ4n) is 1.76. The van der Waals surface area contributed by atoms with Crippen molar-refractivity contribution in [1.29, 1.82) is 0 Å². The van der Waals surface area contributed by atoms with E-state index in [9.17, 15) is 4.79 Å². The Labute approximate surface area is 116 Å². The molecule has 1 unspecified atom stereocenters. The first-order valence-electron chi connectivity index (χ1n) is 5.83. The van der Waals surface area contributed by atoms with Crippen molar-refractivity contribution in [2.24, 2.45) is 5.73 Å². The molecule has 4 nitrogen and oxygen atoms in total. The van der Waals surface area contributed by atoms with Gasteiger partial charge in [0, 0.05) is 16.6 Å². The normalized spacial score (nSPS) is 12.1. The number of nitrogens with zero attached hydrogens (tertiary/aromatic N) is 1. The third-order valence-electron chi connectivity index (χ3n) is 2.68. The van der Waals surface area contributed by atoms with E-state index in [1.54, 1.807) is 24.4 Å². The van der Waals surface area contributed by atoms with Crippen molar-refractivity contribution in [1.82, 2.24) is 4.98 Å². The molecule has 0 spiro atoms. The summed E-state index contributed by atoms with van der Waals surface area (Å²) >= 11 is 6.02. The number of pyridine rings is 1. The van der Waals surface area contributed by atoms with Crippen LogP contribution in [0.25, 0.3) is 10.9 Å². The van der Waals surface area contributed by atoms with Crippen molar-refractivity contribution in [3.63, 3.8) is 0 Å². The first-order chi connectivity index (χ1) is 9.11. The van der Waals surface area contributed by atoms with E-state index in [0.717, 1.165) is 5.39 Å². The summed E-state index contributed by atoms with van der Waals surface area (Å²) in [7, 11) is 0. The van der Waals surface area contributed by atoms with Gasteiger partial charge in [-0.25, -0.2) is 0 Å². The number of rotatable bonds is 4. The Bertz CT molecular complexity index is 627. The number of anilines is 1. The van der Waals surface area contributed by atoms with Crippen LogP contribution in [0.2, 0.25) is 5.02 Å². The number of aromatic nitrogens is 1. The predicted molar refractivity (Wildman–Crippen MR) is 78.2 cm³/mol. The van der Waals surface area contributed by atoms with Crippen molar-refractivity contribution in [2.75, 3.05) is 5.32 Å². The highest BCUT2D eigenvalue weighted by molar-refractivity contribution is 6.32. The molecule has 0 saturated heterocycles. The number of hydrogen-bond acceptors (Lipinski definition) is 3. The van der Waals surface area contributed by atoms with Gasteiger partial charge in [-0.15, -0.1) is 6.58 Å². The molecule has 1 aromatic carbocycles. The van der Waals surface area contributed by atoms with Crippen LogP contribution in [-0.2, 0) is 4.79 Å². The van der Waals surface area contributed by atoms with Gasteiger partial charge >= 0.3 is 0 Å². The molecule has 0 aliphatic rings. The van der Waals surface area contributed by atoms with Crippen LogP contribution < -0.4 is 11.1 Å². The van der Waals surface area contributed by atoms with Crippen LogP contribution in [-0.4, -0.2) is 16.9 Å². The maximum absolute atomic E-state index is 11.9. The minimum atomic E-state index is -0.629. The number of fused-ring (bicyclic) bond motifs is 1. The lowest BCUT2D eigenvalue weighted by Crippen LogP contribution is -2.35. The van der Waals surface area contributed by atoms with Crippen molar-refractivity contribution >= 4 is 34.1 Å². The van der Waals surface area contributed by atoms with Gasteiger partial charge in [-0.05, 0) is 24.6 Å². The zero-order valence-corrected chi connectivity index (χ0v) is 11.0. The van der Waals surface area contributed by atoms with E-state index >= 15 is 0 Å². The topological polar surface area (TPSA) is 68.0 Å². The summed E-state index contributed by atoms with van der Waals surface area (Å²) in [5.41, 5.74) is 6.97. The SMILES string of the molecule is C=CCC(N)C(=O)Nc1cc(Cl)cc2cccnc12. The monoisotopic (exact) mass is 275 g/mol. The third kappa shape index (κ3) is 3.10. The average molecular weight is 276 g/mol. The summed E-state index contributed by atoms with van der Waals surface area (Å²) in [6, 6.07) is 6.52. The van der Waals surface area contributed by atoms with Crippen LogP contribution in [0.5, 0.6) is 0 Å². The Morgan fingerprint density at radius 3 is 3.11 bits per heavy atom. The fourth-order valence-corrected chi connectivity index (χ4v) is 1.99. The van der Waals surface area contributed by atoms with E-state index in [1.165, 1.54) is 0 Å². The van der Waals surface area contributed by atoms with Gasteiger partial charge < -0.3 is 11.1 Å². The molecule has 2 rings (SSSR count). The van der Waals surface area contributed by atoms with Gasteiger partial charge in [-0.1, -0.05) is 23.7 Å². The Kier molecular flexibility index (Phi) is 4.14. The van der Waals surface area contributed by atoms with Crippen molar-refractivity contribution in [3.8, 4) is 0 Å². The number of nitrogens with one attached hydrogen (secondary N) is 1. The van der Waals surface area contributed by atoms with Crippen LogP contribution in [0.4, 0.5) is 5.69 Å². The van der Waals surface area contributed by atoms with Gasteiger partial charge in [0.05, 0.1) is 17.2 Å². The van der Waals surface area contributed by atoms with E-state index in [0.29, 0.717) is 22.6 Å². The van der Waals surface area contributed by atoms with Gasteiger partial charge in [-0.2, -0.15) is 0 Å². The van der Waals surface area contributed by atoms with Crippen molar-refractivity contribution < 1.29 is 4.79 Å². The smallest absolute Gasteiger partial charge is 0.241 e. The first-order valence-corrected chi connectivity index (χ1v) is 6.21. The van der Waals surface area contributed by atoms with Crippen molar-refractivity contribution in [3.05, 3.63) is 48.1 Å². The standard InChI is InChI=1S/C14H14ClN3O/c1-2-4-11(16)14(19)18-12-8-10(15)7-9-5-3-6-17-13(9)12/h2-3,5-8,11H,1,4,16H2,(H,18,19). The minimum Gasteiger partial charge on any atom is -0.323 e. The molecule has 1 amide bonds. The number of carbonyl (C=O) groups excluding carboxylic acids is 1. The molecule has 1 aromatic heterocycles. The van der Waals surface area contributed by atoms with Crippen LogP contribution in [0.1, 0.15) is 6.42 Å². The summed E-state index contributed by atoms with van der Waals surface area (Å²) in [5, 5.41) is 4.15. The summed E-state index contributed by atoms with van der Waals surface area (Å²) in [6.45, 7) is 3.56. The number of halogens is 1. The first kappa shape index (κ1) is 13.5. The number of amides is 1. The average Bonchev–Trinajstić information content (AvgIpc) is 2.38.